The van der Waals surface area contributed by atoms with Crippen LogP contribution in [0.3, 0.4) is 0 Å². The van der Waals surface area contributed by atoms with Crippen LogP contribution in [0.25, 0.3) is 0 Å². The normalized spacial score (nSPS) is 9.95. The first-order valence-corrected chi connectivity index (χ1v) is 6.92. The molecule has 1 aromatic rings. The Bertz CT molecular complexity index is 533. The monoisotopic (exact) mass is 288 g/mol. The van der Waals surface area contributed by atoms with Gasteiger partial charge in [0.1, 0.15) is 5.84 Å². The Labute approximate surface area is 126 Å². The minimum atomic E-state index is -0.103. The number of amidine groups is 1. The lowest BCUT2D eigenvalue weighted by molar-refractivity contribution is -0.118. The van der Waals surface area contributed by atoms with Crippen molar-refractivity contribution >= 4 is 23.1 Å². The molecule has 0 spiro atoms. The maximum absolute atomic E-state index is 11.6. The second kappa shape index (κ2) is 9.47. The van der Waals surface area contributed by atoms with Crippen molar-refractivity contribution in [3.05, 3.63) is 42.0 Å². The number of carbonyl (C=O) groups excluding carboxylic acids is 1. The van der Waals surface area contributed by atoms with Gasteiger partial charge in [-0.25, -0.2) is 0 Å². The summed E-state index contributed by atoms with van der Waals surface area (Å²) in [6.07, 6.45) is 2.80. The summed E-state index contributed by atoms with van der Waals surface area (Å²) < 4.78 is 0. The van der Waals surface area contributed by atoms with Gasteiger partial charge in [0, 0.05) is 17.2 Å². The van der Waals surface area contributed by atoms with Gasteiger partial charge in [0.15, 0.2) is 0 Å². The maximum atomic E-state index is 11.6. The molecule has 21 heavy (non-hydrogen) atoms. The van der Waals surface area contributed by atoms with E-state index >= 15 is 0 Å². The molecule has 5 nitrogen and oxygen atoms in total. The minimum absolute atomic E-state index is 0.0667. The van der Waals surface area contributed by atoms with Gasteiger partial charge >= 0.3 is 0 Å². The molecule has 114 valence electrons. The standard InChI is InChI=1S/C14H18N4O.C2H6/c1-9(2)14(19)18-11-5-3-4-10(8-11)12(15)6-7-13(16)17;1-2/h3-9,15H,1-2H3,(H3,16,17)(H,18,19);1-2H3/b7-6-,15-12?;. The summed E-state index contributed by atoms with van der Waals surface area (Å²) >= 11 is 0. The van der Waals surface area contributed by atoms with Crippen molar-refractivity contribution in [2.45, 2.75) is 27.7 Å². The first-order chi connectivity index (χ1) is 9.90. The average Bonchev–Trinajstić information content (AvgIpc) is 2.47. The predicted molar refractivity (Wildman–Crippen MR) is 89.1 cm³/mol. The zero-order chi connectivity index (χ0) is 16.4. The van der Waals surface area contributed by atoms with Gasteiger partial charge < -0.3 is 16.5 Å². The number of hydrogen-bond donors (Lipinski definition) is 4. The number of nitrogens with one attached hydrogen (secondary N) is 3. The van der Waals surface area contributed by atoms with Crippen LogP contribution in [0.5, 0.6) is 0 Å². The maximum Gasteiger partial charge on any atom is 0.226 e. The molecule has 0 aliphatic heterocycles. The van der Waals surface area contributed by atoms with Gasteiger partial charge in [-0.3, -0.25) is 10.2 Å². The SMILES string of the molecule is CC.CC(C)C(=O)Nc1cccc(C(=N)/C=C\C(=N)N)c1. The fourth-order valence-corrected chi connectivity index (χ4v) is 1.32. The van der Waals surface area contributed by atoms with E-state index in [2.05, 4.69) is 5.32 Å². The van der Waals surface area contributed by atoms with E-state index < -0.39 is 0 Å². The molecular weight excluding hydrogens is 264 g/mol. The van der Waals surface area contributed by atoms with Crippen LogP contribution in [0.1, 0.15) is 33.3 Å². The summed E-state index contributed by atoms with van der Waals surface area (Å²) in [4.78, 5) is 11.6. The largest absolute Gasteiger partial charge is 0.384 e. The lowest BCUT2D eigenvalue weighted by Crippen LogP contribution is -2.17. The zero-order valence-electron chi connectivity index (χ0n) is 13.0. The summed E-state index contributed by atoms with van der Waals surface area (Å²) in [7, 11) is 0. The molecule has 5 N–H and O–H groups in total. The van der Waals surface area contributed by atoms with Gasteiger partial charge in [0.25, 0.3) is 0 Å². The Balaban J connectivity index is 0.00000191. The van der Waals surface area contributed by atoms with Crippen LogP contribution in [-0.2, 0) is 4.79 Å². The quantitative estimate of drug-likeness (QED) is 0.494. The predicted octanol–water partition coefficient (Wildman–Crippen LogP) is 3.17. The summed E-state index contributed by atoms with van der Waals surface area (Å²) in [5.41, 5.74) is 6.73. The highest BCUT2D eigenvalue weighted by atomic mass is 16.1. The van der Waals surface area contributed by atoms with Gasteiger partial charge in [-0.1, -0.05) is 39.8 Å². The lowest BCUT2D eigenvalue weighted by atomic mass is 10.1. The van der Waals surface area contributed by atoms with E-state index in [0.29, 0.717) is 11.3 Å². The number of nitrogens with two attached hydrogens (primary N) is 1. The molecule has 0 radical (unpaired) electrons. The third kappa shape index (κ3) is 7.06. The number of hydrogen-bond acceptors (Lipinski definition) is 3. The number of amides is 1. The summed E-state index contributed by atoms with van der Waals surface area (Å²) in [5, 5.41) is 17.7. The molecule has 5 heteroatoms. The van der Waals surface area contributed by atoms with Crippen molar-refractivity contribution in [2.75, 3.05) is 5.32 Å². The molecular formula is C16H24N4O. The molecule has 0 saturated heterocycles. The first-order valence-electron chi connectivity index (χ1n) is 6.92. The van der Waals surface area contributed by atoms with Gasteiger partial charge in [0.2, 0.25) is 5.91 Å². The van der Waals surface area contributed by atoms with Gasteiger partial charge in [0.05, 0.1) is 5.71 Å². The van der Waals surface area contributed by atoms with Gasteiger partial charge in [-0.15, -0.1) is 0 Å². The van der Waals surface area contributed by atoms with E-state index in [0.717, 1.165) is 0 Å². The van der Waals surface area contributed by atoms with E-state index in [-0.39, 0.29) is 23.4 Å². The smallest absolute Gasteiger partial charge is 0.226 e. The van der Waals surface area contributed by atoms with Crippen LogP contribution in [-0.4, -0.2) is 17.5 Å². The minimum Gasteiger partial charge on any atom is -0.384 e. The summed E-state index contributed by atoms with van der Waals surface area (Å²) in [5.74, 6) is -0.266. The van der Waals surface area contributed by atoms with Crippen LogP contribution in [0.2, 0.25) is 0 Å². The molecule has 0 heterocycles. The second-order valence-corrected chi connectivity index (χ2v) is 4.43. The third-order valence-electron chi connectivity index (χ3n) is 2.40. The van der Waals surface area contributed by atoms with Crippen molar-refractivity contribution in [1.29, 1.82) is 10.8 Å². The molecule has 0 aliphatic carbocycles. The Morgan fingerprint density at radius 2 is 1.86 bits per heavy atom. The number of anilines is 1. The van der Waals surface area contributed by atoms with Crippen molar-refractivity contribution in [3.63, 3.8) is 0 Å². The van der Waals surface area contributed by atoms with Crippen LogP contribution < -0.4 is 11.1 Å². The molecule has 0 saturated carbocycles. The molecule has 1 amide bonds. The van der Waals surface area contributed by atoms with E-state index in [1.807, 2.05) is 27.7 Å². The fourth-order valence-electron chi connectivity index (χ4n) is 1.32. The summed E-state index contributed by atoms with van der Waals surface area (Å²) in [6, 6.07) is 7.01. The van der Waals surface area contributed by atoms with Crippen molar-refractivity contribution in [1.82, 2.24) is 0 Å². The van der Waals surface area contributed by atoms with Crippen molar-refractivity contribution in [3.8, 4) is 0 Å². The van der Waals surface area contributed by atoms with Crippen molar-refractivity contribution < 1.29 is 4.79 Å². The molecule has 1 aromatic carbocycles. The van der Waals surface area contributed by atoms with Crippen LogP contribution >= 0.6 is 0 Å². The average molecular weight is 288 g/mol. The molecule has 0 fully saturated rings. The van der Waals surface area contributed by atoms with E-state index in [1.165, 1.54) is 12.2 Å². The van der Waals surface area contributed by atoms with Crippen LogP contribution in [0.4, 0.5) is 5.69 Å². The Morgan fingerprint density at radius 3 is 2.38 bits per heavy atom. The van der Waals surface area contributed by atoms with E-state index in [9.17, 15) is 4.79 Å². The Morgan fingerprint density at radius 1 is 1.24 bits per heavy atom. The van der Waals surface area contributed by atoms with E-state index in [4.69, 9.17) is 16.6 Å². The van der Waals surface area contributed by atoms with Crippen molar-refractivity contribution in [2.24, 2.45) is 11.7 Å². The summed E-state index contributed by atoms with van der Waals surface area (Å²) in [6.45, 7) is 7.63. The van der Waals surface area contributed by atoms with E-state index in [1.54, 1.807) is 24.3 Å². The highest BCUT2D eigenvalue weighted by Gasteiger charge is 2.07. The lowest BCUT2D eigenvalue weighted by Gasteiger charge is -2.08. The molecule has 1 rings (SSSR count). The second-order valence-electron chi connectivity index (χ2n) is 4.43. The topological polar surface area (TPSA) is 103 Å². The first kappa shape index (κ1) is 18.6. The highest BCUT2D eigenvalue weighted by molar-refractivity contribution is 6.10. The Hall–Kier alpha value is -2.43. The third-order valence-corrected chi connectivity index (χ3v) is 2.40. The molecule has 0 unspecified atom stereocenters. The number of rotatable bonds is 5. The fraction of sp³-hybridized carbons (Fsp3) is 0.312. The highest BCUT2D eigenvalue weighted by Crippen LogP contribution is 2.12. The molecule has 0 bridgehead atoms. The van der Waals surface area contributed by atoms with Crippen LogP contribution in [0, 0.1) is 16.7 Å². The molecule has 0 aliphatic rings. The number of allylic oxidation sites excluding steroid dienone is 1. The molecule has 0 atom stereocenters. The molecule has 0 aromatic heterocycles. The van der Waals surface area contributed by atoms with Gasteiger partial charge in [-0.05, 0) is 24.3 Å². The number of benzene rings is 1. The van der Waals surface area contributed by atoms with Gasteiger partial charge in [-0.2, -0.15) is 0 Å². The van der Waals surface area contributed by atoms with Crippen LogP contribution in [0.15, 0.2) is 36.4 Å². The zero-order valence-corrected chi connectivity index (χ0v) is 13.0. The Kier molecular flexibility index (Phi) is 8.37. The number of carbonyl (C=O) groups is 1.